The minimum absolute atomic E-state index is 0.203. The fraction of sp³-hybridized carbons (Fsp3) is 0.111. The van der Waals surface area contributed by atoms with Crippen LogP contribution >= 0.6 is 12.2 Å². The Kier molecular flexibility index (Phi) is 6.01. The van der Waals surface area contributed by atoms with Gasteiger partial charge in [0.15, 0.2) is 5.11 Å². The number of hydrogen-bond donors (Lipinski definition) is 1. The number of fused-ring (bicyclic) bond motifs is 1. The van der Waals surface area contributed by atoms with E-state index >= 15 is 0 Å². The third-order valence-corrected chi connectivity index (χ3v) is 5.91. The summed E-state index contributed by atoms with van der Waals surface area (Å²) in [6.45, 7) is 0.603. The fourth-order valence-corrected chi connectivity index (χ4v) is 4.12. The van der Waals surface area contributed by atoms with Crippen molar-refractivity contribution in [3.8, 4) is 11.5 Å². The van der Waals surface area contributed by atoms with Gasteiger partial charge in [-0.05, 0) is 71.0 Å². The lowest BCUT2D eigenvalue weighted by Crippen LogP contribution is -2.29. The van der Waals surface area contributed by atoms with Crippen LogP contribution in [-0.4, -0.2) is 23.0 Å². The number of carbonyl (C=O) groups is 1. The van der Waals surface area contributed by atoms with Crippen molar-refractivity contribution in [3.63, 3.8) is 0 Å². The Morgan fingerprint density at radius 3 is 2.68 bits per heavy atom. The molecule has 4 aromatic rings. The van der Waals surface area contributed by atoms with Gasteiger partial charge in [0.2, 0.25) is 0 Å². The van der Waals surface area contributed by atoms with Gasteiger partial charge in [-0.25, -0.2) is 0 Å². The molecule has 0 spiro atoms. The molecule has 6 nitrogen and oxygen atoms in total. The van der Waals surface area contributed by atoms with Crippen molar-refractivity contribution in [2.24, 2.45) is 0 Å². The lowest BCUT2D eigenvalue weighted by atomic mass is 10.1. The van der Waals surface area contributed by atoms with E-state index in [0.29, 0.717) is 28.9 Å². The summed E-state index contributed by atoms with van der Waals surface area (Å²) in [5.41, 5.74) is 2.10. The SMILES string of the molecule is COc1ccc(/C=C2/NC(=S)N(Cc3ccco3)C2=O)cc1COc1ccc2ccccc2c1. The summed E-state index contributed by atoms with van der Waals surface area (Å²) in [7, 11) is 1.62. The highest BCUT2D eigenvalue weighted by molar-refractivity contribution is 7.80. The number of carbonyl (C=O) groups excluding carboxylic acids is 1. The van der Waals surface area contributed by atoms with E-state index in [4.69, 9.17) is 26.1 Å². The van der Waals surface area contributed by atoms with Crippen LogP contribution < -0.4 is 14.8 Å². The molecule has 170 valence electrons. The Morgan fingerprint density at radius 1 is 1.03 bits per heavy atom. The normalized spacial score (nSPS) is 14.6. The Bertz CT molecular complexity index is 1400. The van der Waals surface area contributed by atoms with Crippen molar-refractivity contribution >= 4 is 40.1 Å². The highest BCUT2D eigenvalue weighted by Gasteiger charge is 2.31. The quantitative estimate of drug-likeness (QED) is 0.293. The number of hydrogen-bond acceptors (Lipinski definition) is 5. The lowest BCUT2D eigenvalue weighted by molar-refractivity contribution is -0.122. The van der Waals surface area contributed by atoms with Crippen molar-refractivity contribution in [2.45, 2.75) is 13.2 Å². The van der Waals surface area contributed by atoms with Crippen LogP contribution in [0.4, 0.5) is 0 Å². The monoisotopic (exact) mass is 470 g/mol. The molecule has 7 heteroatoms. The first-order chi connectivity index (χ1) is 16.6. The standard InChI is InChI=1S/C27H22N2O4S/c1-31-25-11-8-18(14-24-26(30)29(27(34)28-24)16-23-7-4-12-32-23)13-21(25)17-33-22-10-9-19-5-2-3-6-20(19)15-22/h2-15H,16-17H2,1H3,(H,28,34)/b24-14+. The maximum Gasteiger partial charge on any atom is 0.276 e. The second-order valence-electron chi connectivity index (χ2n) is 7.83. The van der Waals surface area contributed by atoms with E-state index in [2.05, 4.69) is 17.4 Å². The predicted octanol–water partition coefficient (Wildman–Crippen LogP) is 5.28. The van der Waals surface area contributed by atoms with Crippen molar-refractivity contribution in [1.29, 1.82) is 0 Å². The highest BCUT2D eigenvalue weighted by atomic mass is 32.1. The summed E-state index contributed by atoms with van der Waals surface area (Å²) in [6.07, 6.45) is 3.34. The van der Waals surface area contributed by atoms with Crippen LogP contribution in [0.25, 0.3) is 16.8 Å². The number of nitrogens with zero attached hydrogens (tertiary/aromatic N) is 1. The van der Waals surface area contributed by atoms with Gasteiger partial charge in [0, 0.05) is 5.56 Å². The van der Waals surface area contributed by atoms with Crippen LogP contribution in [0.3, 0.4) is 0 Å². The van der Waals surface area contributed by atoms with Gasteiger partial charge in [0.25, 0.3) is 5.91 Å². The lowest BCUT2D eigenvalue weighted by Gasteiger charge is -2.12. The van der Waals surface area contributed by atoms with Crippen LogP contribution in [-0.2, 0) is 17.9 Å². The summed E-state index contributed by atoms with van der Waals surface area (Å²) >= 11 is 5.35. The number of nitrogens with one attached hydrogen (secondary N) is 1. The minimum Gasteiger partial charge on any atom is -0.496 e. The molecule has 1 saturated heterocycles. The van der Waals surface area contributed by atoms with Gasteiger partial charge in [-0.1, -0.05) is 36.4 Å². The van der Waals surface area contributed by atoms with Gasteiger partial charge in [-0.15, -0.1) is 0 Å². The molecule has 1 amide bonds. The highest BCUT2D eigenvalue weighted by Crippen LogP contribution is 2.26. The zero-order valence-electron chi connectivity index (χ0n) is 18.5. The molecule has 0 unspecified atom stereocenters. The number of benzene rings is 3. The topological polar surface area (TPSA) is 63.9 Å². The molecule has 1 N–H and O–H groups in total. The molecular weight excluding hydrogens is 448 g/mol. The van der Waals surface area contributed by atoms with E-state index in [0.717, 1.165) is 27.6 Å². The molecule has 3 aromatic carbocycles. The van der Waals surface area contributed by atoms with E-state index in [9.17, 15) is 4.79 Å². The van der Waals surface area contributed by atoms with E-state index in [1.165, 1.54) is 4.90 Å². The Labute approximate surface area is 202 Å². The van der Waals surface area contributed by atoms with Gasteiger partial charge in [0.1, 0.15) is 29.6 Å². The number of ether oxygens (including phenoxy) is 2. The smallest absolute Gasteiger partial charge is 0.276 e. The third-order valence-electron chi connectivity index (χ3n) is 5.59. The van der Waals surface area contributed by atoms with Crippen molar-refractivity contribution in [3.05, 3.63) is 102 Å². The summed E-state index contributed by atoms with van der Waals surface area (Å²) < 4.78 is 16.9. The van der Waals surface area contributed by atoms with Gasteiger partial charge in [0.05, 0.1) is 19.9 Å². The van der Waals surface area contributed by atoms with Crippen LogP contribution in [0.15, 0.2) is 89.2 Å². The molecule has 0 aliphatic carbocycles. The number of thiocarbonyl (C=S) groups is 1. The molecule has 0 atom stereocenters. The maximum absolute atomic E-state index is 12.9. The first kappa shape index (κ1) is 21.7. The predicted molar refractivity (Wildman–Crippen MR) is 134 cm³/mol. The molecule has 0 bridgehead atoms. The molecule has 1 fully saturated rings. The molecular formula is C27H22N2O4S. The number of furan rings is 1. The fourth-order valence-electron chi connectivity index (χ4n) is 3.86. The van der Waals surface area contributed by atoms with Crippen molar-refractivity contribution < 1.29 is 18.7 Å². The maximum atomic E-state index is 12.9. The second kappa shape index (κ2) is 9.41. The molecule has 0 radical (unpaired) electrons. The zero-order valence-corrected chi connectivity index (χ0v) is 19.3. The number of rotatable bonds is 7. The average molecular weight is 471 g/mol. The zero-order chi connectivity index (χ0) is 23.5. The van der Waals surface area contributed by atoms with Gasteiger partial charge in [-0.2, -0.15) is 0 Å². The molecule has 1 aromatic heterocycles. The minimum atomic E-state index is -0.203. The summed E-state index contributed by atoms with van der Waals surface area (Å²) in [5.74, 6) is 1.95. The Morgan fingerprint density at radius 2 is 1.88 bits per heavy atom. The van der Waals surface area contributed by atoms with Crippen LogP contribution in [0.2, 0.25) is 0 Å². The summed E-state index contributed by atoms with van der Waals surface area (Å²) in [5, 5.41) is 5.63. The number of methoxy groups -OCH3 is 1. The largest absolute Gasteiger partial charge is 0.496 e. The van der Waals surface area contributed by atoms with E-state index < -0.39 is 0 Å². The Hall–Kier alpha value is -4.10. The van der Waals surface area contributed by atoms with Crippen molar-refractivity contribution in [2.75, 3.05) is 7.11 Å². The third kappa shape index (κ3) is 4.51. The second-order valence-corrected chi connectivity index (χ2v) is 8.21. The Balaban J connectivity index is 1.34. The van der Waals surface area contributed by atoms with E-state index in [1.54, 1.807) is 25.5 Å². The van der Waals surface area contributed by atoms with Gasteiger partial charge < -0.3 is 19.2 Å². The first-order valence-corrected chi connectivity index (χ1v) is 11.2. The molecule has 2 heterocycles. The average Bonchev–Trinajstić information content (AvgIpc) is 3.47. The molecule has 34 heavy (non-hydrogen) atoms. The first-order valence-electron chi connectivity index (χ1n) is 10.8. The van der Waals surface area contributed by atoms with E-state index in [-0.39, 0.29) is 12.5 Å². The van der Waals surface area contributed by atoms with Gasteiger partial charge >= 0.3 is 0 Å². The number of amides is 1. The van der Waals surface area contributed by atoms with Crippen LogP contribution in [0.1, 0.15) is 16.9 Å². The molecule has 1 aliphatic rings. The molecule has 1 aliphatic heterocycles. The molecule has 0 saturated carbocycles. The van der Waals surface area contributed by atoms with Crippen LogP contribution in [0.5, 0.6) is 11.5 Å². The molecule has 5 rings (SSSR count). The van der Waals surface area contributed by atoms with Crippen molar-refractivity contribution in [1.82, 2.24) is 10.2 Å². The summed E-state index contributed by atoms with van der Waals surface area (Å²) in [4.78, 5) is 14.4. The van der Waals surface area contributed by atoms with Crippen LogP contribution in [0, 0.1) is 0 Å². The summed E-state index contributed by atoms with van der Waals surface area (Å²) in [6, 6.07) is 23.4. The van der Waals surface area contributed by atoms with Gasteiger partial charge in [-0.3, -0.25) is 9.69 Å². The van der Waals surface area contributed by atoms with E-state index in [1.807, 2.05) is 54.6 Å².